The molecule has 6 nitrogen and oxygen atoms in total. The predicted octanol–water partition coefficient (Wildman–Crippen LogP) is 3.51. The van der Waals surface area contributed by atoms with Crippen molar-refractivity contribution in [1.29, 1.82) is 0 Å². The van der Waals surface area contributed by atoms with Crippen LogP contribution in [0.5, 0.6) is 0 Å². The van der Waals surface area contributed by atoms with Gasteiger partial charge in [-0.15, -0.1) is 21.5 Å². The van der Waals surface area contributed by atoms with E-state index in [9.17, 15) is 9.18 Å². The maximum Gasteiger partial charge on any atom is 0.233 e. The van der Waals surface area contributed by atoms with Crippen molar-refractivity contribution in [1.82, 2.24) is 24.6 Å². The van der Waals surface area contributed by atoms with Crippen molar-refractivity contribution in [2.24, 2.45) is 7.05 Å². The van der Waals surface area contributed by atoms with Gasteiger partial charge in [0.05, 0.1) is 10.6 Å². The Hall–Kier alpha value is -2.23. The Morgan fingerprint density at radius 1 is 1.13 bits per heavy atom. The van der Waals surface area contributed by atoms with Crippen molar-refractivity contribution >= 4 is 29.0 Å². The molecule has 1 aliphatic heterocycles. The van der Waals surface area contributed by atoms with Crippen molar-refractivity contribution in [3.05, 3.63) is 53.2 Å². The first-order valence-electron chi connectivity index (χ1n) is 9.91. The number of halogens is 1. The van der Waals surface area contributed by atoms with Crippen LogP contribution in [0.2, 0.25) is 0 Å². The molecule has 158 valence electrons. The van der Waals surface area contributed by atoms with Crippen LogP contribution in [0, 0.1) is 5.82 Å². The van der Waals surface area contributed by atoms with E-state index in [1.54, 1.807) is 11.3 Å². The highest BCUT2D eigenvalue weighted by Gasteiger charge is 2.20. The van der Waals surface area contributed by atoms with Crippen LogP contribution >= 0.6 is 23.1 Å². The van der Waals surface area contributed by atoms with Crippen molar-refractivity contribution in [3.8, 4) is 10.7 Å². The van der Waals surface area contributed by atoms with Crippen molar-refractivity contribution < 1.29 is 9.18 Å². The summed E-state index contributed by atoms with van der Waals surface area (Å²) < 4.78 is 15.0. The normalized spacial score (nSPS) is 15.3. The van der Waals surface area contributed by atoms with E-state index in [0.29, 0.717) is 12.3 Å². The molecule has 0 spiro atoms. The summed E-state index contributed by atoms with van der Waals surface area (Å²) in [6, 6.07) is 10.6. The standard InChI is InChI=1S/C21H24FN5OS2/c1-25-20(18-4-2-13-29-18)23-24-21(25)30-15-19(28)27-10-3-9-26(11-12-27)14-16-5-7-17(22)8-6-16/h2,4-8,13H,3,9-12,14-15H2,1H3. The fourth-order valence-corrected chi connectivity index (χ4v) is 5.06. The Morgan fingerprint density at radius 3 is 2.73 bits per heavy atom. The van der Waals surface area contributed by atoms with E-state index < -0.39 is 0 Å². The van der Waals surface area contributed by atoms with Crippen LogP contribution in [0.15, 0.2) is 46.9 Å². The largest absolute Gasteiger partial charge is 0.341 e. The fourth-order valence-electron chi connectivity index (χ4n) is 3.50. The fraction of sp³-hybridized carbons (Fsp3) is 0.381. The highest BCUT2D eigenvalue weighted by Crippen LogP contribution is 2.26. The first-order chi connectivity index (χ1) is 14.6. The van der Waals surface area contributed by atoms with Gasteiger partial charge in [0.1, 0.15) is 5.82 Å². The molecule has 0 unspecified atom stereocenters. The summed E-state index contributed by atoms with van der Waals surface area (Å²) in [7, 11) is 1.93. The molecule has 9 heteroatoms. The minimum atomic E-state index is -0.214. The minimum Gasteiger partial charge on any atom is -0.341 e. The molecule has 0 saturated carbocycles. The summed E-state index contributed by atoms with van der Waals surface area (Å²) in [4.78, 5) is 18.1. The second-order valence-electron chi connectivity index (χ2n) is 7.27. The van der Waals surface area contributed by atoms with Gasteiger partial charge in [-0.1, -0.05) is 30.0 Å². The van der Waals surface area contributed by atoms with Crippen LogP contribution in [0.3, 0.4) is 0 Å². The molecule has 1 amide bonds. The number of hydrogen-bond donors (Lipinski definition) is 0. The van der Waals surface area contributed by atoms with Crippen molar-refractivity contribution in [2.45, 2.75) is 18.1 Å². The van der Waals surface area contributed by atoms with E-state index in [0.717, 1.165) is 54.0 Å². The van der Waals surface area contributed by atoms with Crippen molar-refractivity contribution in [3.63, 3.8) is 0 Å². The molecule has 2 aromatic heterocycles. The predicted molar refractivity (Wildman–Crippen MR) is 118 cm³/mol. The van der Waals surface area contributed by atoms with E-state index in [-0.39, 0.29) is 11.7 Å². The first-order valence-corrected chi connectivity index (χ1v) is 11.8. The monoisotopic (exact) mass is 445 g/mol. The van der Waals surface area contributed by atoms with E-state index in [1.165, 1.54) is 23.9 Å². The maximum atomic E-state index is 13.1. The van der Waals surface area contributed by atoms with Crippen LogP contribution < -0.4 is 0 Å². The van der Waals surface area contributed by atoms with Gasteiger partial charge in [0, 0.05) is 39.8 Å². The molecule has 30 heavy (non-hydrogen) atoms. The van der Waals surface area contributed by atoms with Gasteiger partial charge in [-0.05, 0) is 35.6 Å². The topological polar surface area (TPSA) is 54.3 Å². The summed E-state index contributed by atoms with van der Waals surface area (Å²) in [6.45, 7) is 4.00. The van der Waals surface area contributed by atoms with Crippen molar-refractivity contribution in [2.75, 3.05) is 31.9 Å². The molecular weight excluding hydrogens is 421 g/mol. The molecule has 1 aromatic carbocycles. The molecule has 0 N–H and O–H groups in total. The van der Waals surface area contributed by atoms with Gasteiger partial charge in [-0.3, -0.25) is 9.69 Å². The Balaban J connectivity index is 1.29. The molecule has 4 rings (SSSR count). The van der Waals surface area contributed by atoms with Crippen LogP contribution in [0.4, 0.5) is 4.39 Å². The summed E-state index contributed by atoms with van der Waals surface area (Å²) in [5, 5.41) is 11.3. The third kappa shape index (κ3) is 5.08. The van der Waals surface area contributed by atoms with Crippen LogP contribution in [0.1, 0.15) is 12.0 Å². The van der Waals surface area contributed by atoms with Gasteiger partial charge < -0.3 is 9.47 Å². The van der Waals surface area contributed by atoms with Crippen LogP contribution in [-0.4, -0.2) is 62.4 Å². The second kappa shape index (κ2) is 9.72. The molecule has 1 fully saturated rings. The number of hydrogen-bond acceptors (Lipinski definition) is 6. The van der Waals surface area contributed by atoms with Gasteiger partial charge in [-0.2, -0.15) is 0 Å². The third-order valence-corrected chi connectivity index (χ3v) is 7.03. The lowest BCUT2D eigenvalue weighted by Gasteiger charge is -2.22. The van der Waals surface area contributed by atoms with Crippen LogP contribution in [0.25, 0.3) is 10.7 Å². The number of rotatable bonds is 6. The first kappa shape index (κ1) is 21.0. The molecule has 3 heterocycles. The molecular formula is C21H24FN5OS2. The zero-order chi connectivity index (χ0) is 20.9. The smallest absolute Gasteiger partial charge is 0.233 e. The molecule has 1 aliphatic rings. The number of amides is 1. The van der Waals surface area contributed by atoms with Gasteiger partial charge in [0.25, 0.3) is 0 Å². The number of thiophene rings is 1. The summed E-state index contributed by atoms with van der Waals surface area (Å²) >= 11 is 3.06. The number of nitrogens with zero attached hydrogens (tertiary/aromatic N) is 5. The summed E-state index contributed by atoms with van der Waals surface area (Å²) in [5.74, 6) is 1.10. The Bertz CT molecular complexity index is 974. The summed E-state index contributed by atoms with van der Waals surface area (Å²) in [5.41, 5.74) is 1.09. The number of aromatic nitrogens is 3. The van der Waals surface area contributed by atoms with Crippen LogP contribution in [-0.2, 0) is 18.4 Å². The average molecular weight is 446 g/mol. The molecule has 0 radical (unpaired) electrons. The zero-order valence-electron chi connectivity index (χ0n) is 16.8. The Labute approximate surface area is 183 Å². The van der Waals surface area contributed by atoms with E-state index in [1.807, 2.05) is 46.2 Å². The number of thioether (sulfide) groups is 1. The molecule has 0 atom stereocenters. The quantitative estimate of drug-likeness (QED) is 0.544. The lowest BCUT2D eigenvalue weighted by Crippen LogP contribution is -2.36. The number of benzene rings is 1. The van der Waals surface area contributed by atoms with Gasteiger partial charge in [0.15, 0.2) is 11.0 Å². The third-order valence-electron chi connectivity index (χ3n) is 5.16. The highest BCUT2D eigenvalue weighted by atomic mass is 32.2. The lowest BCUT2D eigenvalue weighted by atomic mass is 10.2. The van der Waals surface area contributed by atoms with Gasteiger partial charge in [0.2, 0.25) is 5.91 Å². The Kier molecular flexibility index (Phi) is 6.81. The molecule has 3 aromatic rings. The molecule has 1 saturated heterocycles. The zero-order valence-corrected chi connectivity index (χ0v) is 18.5. The van der Waals surface area contributed by atoms with E-state index >= 15 is 0 Å². The maximum absolute atomic E-state index is 13.1. The number of carbonyl (C=O) groups excluding carboxylic acids is 1. The van der Waals surface area contributed by atoms with Gasteiger partial charge in [-0.25, -0.2) is 4.39 Å². The van der Waals surface area contributed by atoms with Gasteiger partial charge >= 0.3 is 0 Å². The van der Waals surface area contributed by atoms with E-state index in [2.05, 4.69) is 15.1 Å². The Morgan fingerprint density at radius 2 is 1.97 bits per heavy atom. The van der Waals surface area contributed by atoms with E-state index in [4.69, 9.17) is 0 Å². The number of carbonyl (C=O) groups is 1. The lowest BCUT2D eigenvalue weighted by molar-refractivity contribution is -0.128. The summed E-state index contributed by atoms with van der Waals surface area (Å²) in [6.07, 6.45) is 0.935. The highest BCUT2D eigenvalue weighted by molar-refractivity contribution is 7.99. The molecule has 0 aliphatic carbocycles. The average Bonchev–Trinajstić information content (AvgIpc) is 3.33. The second-order valence-corrected chi connectivity index (χ2v) is 9.16. The minimum absolute atomic E-state index is 0.129. The molecule has 0 bridgehead atoms. The SMILES string of the molecule is Cn1c(SCC(=O)N2CCCN(Cc3ccc(F)cc3)CC2)nnc1-c1cccs1.